The molecule has 0 spiro atoms. The molecule has 0 amide bonds. The molecule has 0 saturated heterocycles. The summed E-state index contributed by atoms with van der Waals surface area (Å²) >= 11 is 0. The molecule has 0 saturated carbocycles. The summed E-state index contributed by atoms with van der Waals surface area (Å²) in [5, 5.41) is 0. The third kappa shape index (κ3) is 53.9. The van der Waals surface area contributed by atoms with Gasteiger partial charge in [-0.2, -0.15) is 0 Å². The predicted molar refractivity (Wildman–Crippen MR) is 577 cm³/mol. The SMILES string of the molecule is CC(C)[C@@H](c1ccccc1)C(C)(C)C.CCC.C[C@@H](Cc1ccccc1)C(C)(C)C.C[C@@H](Cc1ccccn1)C(C)(C)C.C[C@@H](c1ccccc1)C(C)(C)C.C[C@@H](c1ccccn1)C(C)(C)C.C[C@H](Cc1ccccc1)C(C)(C)C.C[C@H](Cc1ccccn1)C(C)(C)C.C[C@H](c1ccccc1)C(C)(C)C.C[C@H](c1ccccc1)C(C)(C)C.C[C@H](c1ccccn1)C(C)(C)C. The number of benzene rings is 6. The Morgan fingerprint density at radius 2 is 0.388 bits per heavy atom. The first-order valence-corrected chi connectivity index (χ1v) is 49.3. The van der Waals surface area contributed by atoms with Gasteiger partial charge in [-0.1, -0.05) is 510 Å². The summed E-state index contributed by atoms with van der Waals surface area (Å²) in [7, 11) is 0. The van der Waals surface area contributed by atoms with E-state index in [1.54, 1.807) is 0 Å². The fraction of sp³-hybridized carbons (Fsp3) is 0.552. The van der Waals surface area contributed by atoms with Gasteiger partial charge in [0.05, 0.1) is 0 Å². The molecular formula is C125H196N4. The lowest BCUT2D eigenvalue weighted by Gasteiger charge is -2.34. The normalized spacial score (nSPS) is 14.1. The summed E-state index contributed by atoms with van der Waals surface area (Å²) < 4.78 is 0. The molecule has 0 fully saturated rings. The van der Waals surface area contributed by atoms with Crippen molar-refractivity contribution in [1.82, 2.24) is 19.9 Å². The van der Waals surface area contributed by atoms with Crippen LogP contribution in [0.2, 0.25) is 0 Å². The summed E-state index contributed by atoms with van der Waals surface area (Å²) in [5.74, 6) is 7.03. The molecule has 0 radical (unpaired) electrons. The summed E-state index contributed by atoms with van der Waals surface area (Å²) in [5.41, 5.74) is 17.0. The molecule has 716 valence electrons. The van der Waals surface area contributed by atoms with E-state index in [9.17, 15) is 0 Å². The van der Waals surface area contributed by atoms with E-state index in [1.165, 1.54) is 75.4 Å². The van der Waals surface area contributed by atoms with E-state index in [0.717, 1.165) is 24.7 Å². The smallest absolute Gasteiger partial charge is 0.0436 e. The molecule has 0 aliphatic carbocycles. The van der Waals surface area contributed by atoms with Gasteiger partial charge in [0.25, 0.3) is 0 Å². The average molecular weight is 1750 g/mol. The van der Waals surface area contributed by atoms with Gasteiger partial charge in [-0.15, -0.1) is 0 Å². The van der Waals surface area contributed by atoms with Crippen molar-refractivity contribution in [3.8, 4) is 0 Å². The zero-order valence-electron chi connectivity index (χ0n) is 91.2. The molecule has 10 rings (SSSR count). The predicted octanol–water partition coefficient (Wildman–Crippen LogP) is 38.3. The monoisotopic (exact) mass is 1750 g/mol. The van der Waals surface area contributed by atoms with Crippen LogP contribution in [0.25, 0.3) is 0 Å². The molecule has 0 aliphatic heterocycles. The highest BCUT2D eigenvalue weighted by molar-refractivity contribution is 5.25. The first-order chi connectivity index (χ1) is 59.4. The maximum atomic E-state index is 4.35. The van der Waals surface area contributed by atoms with Crippen molar-refractivity contribution in [2.75, 3.05) is 0 Å². The molecule has 4 heteroatoms. The molecule has 4 nitrogen and oxygen atoms in total. The van der Waals surface area contributed by atoms with Crippen molar-refractivity contribution in [1.29, 1.82) is 0 Å². The first kappa shape index (κ1) is 121. The third-order valence-corrected chi connectivity index (χ3v) is 26.6. The number of hydrogen-bond acceptors (Lipinski definition) is 4. The van der Waals surface area contributed by atoms with Crippen LogP contribution >= 0.6 is 0 Å². The van der Waals surface area contributed by atoms with Crippen molar-refractivity contribution in [2.24, 2.45) is 83.7 Å². The van der Waals surface area contributed by atoms with Crippen LogP contribution in [0, 0.1) is 83.7 Å². The summed E-state index contributed by atoms with van der Waals surface area (Å²) in [6, 6.07) is 88.8. The van der Waals surface area contributed by atoms with Gasteiger partial charge < -0.3 is 0 Å². The number of hydrogen-bond donors (Lipinski definition) is 0. The summed E-state index contributed by atoms with van der Waals surface area (Å²) in [4.78, 5) is 17.4. The molecule has 10 atom stereocenters. The van der Waals surface area contributed by atoms with Crippen molar-refractivity contribution in [3.05, 3.63) is 336 Å². The molecule has 10 aromatic rings. The van der Waals surface area contributed by atoms with Gasteiger partial charge in [-0.3, -0.25) is 19.9 Å². The van der Waals surface area contributed by atoms with Crippen molar-refractivity contribution >= 4 is 0 Å². The second-order valence-electron chi connectivity index (χ2n) is 47.9. The minimum Gasteiger partial charge on any atom is -0.261 e. The molecule has 0 unspecified atom stereocenters. The number of rotatable bonds is 15. The van der Waals surface area contributed by atoms with E-state index >= 15 is 0 Å². The Labute approximate surface area is 799 Å². The van der Waals surface area contributed by atoms with Crippen LogP contribution in [0.1, 0.15) is 396 Å². The molecule has 0 N–H and O–H groups in total. The molecule has 6 aromatic carbocycles. The minimum absolute atomic E-state index is 0.300. The van der Waals surface area contributed by atoms with Crippen LogP contribution < -0.4 is 0 Å². The van der Waals surface area contributed by atoms with Gasteiger partial charge in [-0.05, 0) is 215 Å². The quantitative estimate of drug-likeness (QED) is 0.103. The number of aromatic nitrogens is 4. The minimum atomic E-state index is 0.300. The maximum absolute atomic E-state index is 4.35. The maximum Gasteiger partial charge on any atom is 0.0436 e. The molecule has 0 aliphatic rings. The van der Waals surface area contributed by atoms with E-state index < -0.39 is 0 Å². The highest BCUT2D eigenvalue weighted by Gasteiger charge is 2.30. The second-order valence-corrected chi connectivity index (χ2v) is 47.9. The van der Waals surface area contributed by atoms with Crippen LogP contribution in [0.4, 0.5) is 0 Å². The molecule has 4 aromatic heterocycles. The van der Waals surface area contributed by atoms with Gasteiger partial charge in [0, 0.05) is 59.4 Å². The lowest BCUT2D eigenvalue weighted by atomic mass is 9.71. The molecular weight excluding hydrogens is 1560 g/mol. The van der Waals surface area contributed by atoms with Crippen molar-refractivity contribution < 1.29 is 0 Å². The van der Waals surface area contributed by atoms with Crippen LogP contribution in [0.15, 0.2) is 280 Å². The van der Waals surface area contributed by atoms with E-state index in [2.05, 4.69) is 536 Å². The van der Waals surface area contributed by atoms with Crippen molar-refractivity contribution in [3.63, 3.8) is 0 Å². The Hall–Kier alpha value is -8.08. The van der Waals surface area contributed by atoms with Crippen LogP contribution in [0.5, 0.6) is 0 Å². The standard InChI is InChI=1S/C14H22.2C13H20.2C12H19N.3C12H18.2C11H17N.C3H8/c1-11(2)13(14(3,4)5)12-9-7-6-8-10-12;2*1-11(13(2,3)4)10-12-8-6-5-7-9-12;2*1-10(12(2,3)4)9-11-7-5-6-8-13-11;3*1-10(12(2,3)4)11-8-6-5-7-9-11;2*1-9(11(2,3)4)10-7-5-6-8-12-10;1-3-2/h6-11,13H,1-5H3;2*5-9,11H,10H2,1-4H3;2*5-8,10H,9H2,1-4H3;3*5-10H,1-4H3;2*5-9H,1-4H3;3H2,1-2H3/t13-;2*11-;5*10-;2*9-;/m0101011010./s1. The Balaban J connectivity index is 0.00000141. The Kier molecular flexibility index (Phi) is 55.1. The summed E-state index contributed by atoms with van der Waals surface area (Å²) in [6.07, 6.45) is 13.2. The van der Waals surface area contributed by atoms with Crippen molar-refractivity contribution in [2.45, 2.75) is 365 Å². The third-order valence-electron chi connectivity index (χ3n) is 26.6. The Bertz CT molecular complexity index is 3750. The average Bonchev–Trinajstić information content (AvgIpc) is 0.841. The van der Waals surface area contributed by atoms with Gasteiger partial charge >= 0.3 is 0 Å². The largest absolute Gasteiger partial charge is 0.261 e. The highest BCUT2D eigenvalue weighted by atomic mass is 14.7. The zero-order valence-corrected chi connectivity index (χ0v) is 91.2. The zero-order chi connectivity index (χ0) is 99.0. The summed E-state index contributed by atoms with van der Waals surface area (Å²) in [6.45, 7) is 97.9. The lowest BCUT2D eigenvalue weighted by molar-refractivity contribution is 0.258. The topological polar surface area (TPSA) is 51.6 Å². The molecule has 129 heavy (non-hydrogen) atoms. The fourth-order valence-electron chi connectivity index (χ4n) is 13.2. The van der Waals surface area contributed by atoms with Gasteiger partial charge in [0.15, 0.2) is 0 Å². The van der Waals surface area contributed by atoms with Gasteiger partial charge in [0.1, 0.15) is 0 Å². The van der Waals surface area contributed by atoms with E-state index in [4.69, 9.17) is 0 Å². The lowest BCUT2D eigenvalue weighted by Crippen LogP contribution is -2.23. The molecule has 0 bridgehead atoms. The molecule has 4 heterocycles. The van der Waals surface area contributed by atoms with Crippen LogP contribution in [-0.2, 0) is 25.7 Å². The van der Waals surface area contributed by atoms with Crippen LogP contribution in [-0.4, -0.2) is 19.9 Å². The Morgan fingerprint density at radius 1 is 0.194 bits per heavy atom. The number of nitrogens with zero attached hydrogens (tertiary/aromatic N) is 4. The second kappa shape index (κ2) is 58.7. The van der Waals surface area contributed by atoms with Crippen LogP contribution in [0.3, 0.4) is 0 Å². The van der Waals surface area contributed by atoms with Gasteiger partial charge in [0.2, 0.25) is 0 Å². The van der Waals surface area contributed by atoms with Gasteiger partial charge in [-0.25, -0.2) is 0 Å². The fourth-order valence-corrected chi connectivity index (χ4v) is 13.2. The van der Waals surface area contributed by atoms with E-state index in [-0.39, 0.29) is 0 Å². The first-order valence-electron chi connectivity index (χ1n) is 49.3. The van der Waals surface area contributed by atoms with E-state index in [0.29, 0.717) is 107 Å². The Morgan fingerprint density at radius 3 is 0.566 bits per heavy atom. The van der Waals surface area contributed by atoms with E-state index in [1.807, 2.05) is 61.2 Å². The number of pyridine rings is 4. The highest BCUT2D eigenvalue weighted by Crippen LogP contribution is 2.42.